The highest BCUT2D eigenvalue weighted by atomic mass is 35.5. The zero-order valence-electron chi connectivity index (χ0n) is 11.7. The van der Waals surface area contributed by atoms with Crippen molar-refractivity contribution in [1.82, 2.24) is 4.98 Å². The molecule has 0 saturated carbocycles. The number of hydrogen-bond acceptors (Lipinski definition) is 4. The van der Waals surface area contributed by atoms with E-state index in [9.17, 15) is 4.79 Å². The van der Waals surface area contributed by atoms with Crippen molar-refractivity contribution in [3.05, 3.63) is 22.4 Å². The Morgan fingerprint density at radius 3 is 2.65 bits per heavy atom. The molecule has 112 valence electrons. The maximum absolute atomic E-state index is 10.9. The van der Waals surface area contributed by atoms with Crippen LogP contribution in [-0.2, 0) is 4.74 Å². The molecule has 1 rings (SSSR count). The minimum atomic E-state index is -0.832. The Morgan fingerprint density at radius 1 is 1.45 bits per heavy atom. The Labute approximate surface area is 128 Å². The lowest BCUT2D eigenvalue weighted by Gasteiger charge is -2.25. The number of hydrogen-bond donors (Lipinski definition) is 1. The van der Waals surface area contributed by atoms with Gasteiger partial charge in [-0.05, 0) is 11.8 Å². The third-order valence-corrected chi connectivity index (χ3v) is 3.11. The summed E-state index contributed by atoms with van der Waals surface area (Å²) in [6.07, 6.45) is 0.793. The summed E-state index contributed by atoms with van der Waals surface area (Å²) in [4.78, 5) is 14.7. The topological polar surface area (TPSA) is 74.4 Å². The molecule has 20 heavy (non-hydrogen) atoms. The molecule has 1 amide bonds. The number of rotatable bonds is 5. The summed E-state index contributed by atoms with van der Waals surface area (Å²) >= 11 is 11.8. The third-order valence-electron chi connectivity index (χ3n) is 2.36. The predicted octanol–water partition coefficient (Wildman–Crippen LogP) is 3.67. The molecule has 1 atom stereocenters. The van der Waals surface area contributed by atoms with Crippen molar-refractivity contribution >= 4 is 29.3 Å². The largest absolute Gasteiger partial charge is 0.488 e. The number of nitrogens with zero attached hydrogens (tertiary/aromatic N) is 1. The molecule has 7 heteroatoms. The standard InChI is InChI=1S/C13H18Cl2N2O3/c1-13(2,3)6-8(20-12(16)18)7-19-9-4-5-17-11(15)10(9)14/h4-5,8H,6-7H2,1-3H3,(H2,16,18). The van der Waals surface area contributed by atoms with Crippen LogP contribution in [0.1, 0.15) is 27.2 Å². The first-order valence-corrected chi connectivity index (χ1v) is 6.83. The molecule has 5 nitrogen and oxygen atoms in total. The first-order chi connectivity index (χ1) is 9.19. The van der Waals surface area contributed by atoms with Gasteiger partial charge in [-0.2, -0.15) is 0 Å². The van der Waals surface area contributed by atoms with Crippen LogP contribution in [-0.4, -0.2) is 23.8 Å². The van der Waals surface area contributed by atoms with E-state index >= 15 is 0 Å². The lowest BCUT2D eigenvalue weighted by atomic mass is 9.89. The Hall–Kier alpha value is -1.20. The van der Waals surface area contributed by atoms with Crippen molar-refractivity contribution in [1.29, 1.82) is 0 Å². The van der Waals surface area contributed by atoms with Crippen LogP contribution < -0.4 is 10.5 Å². The van der Waals surface area contributed by atoms with Crippen LogP contribution in [0.5, 0.6) is 5.75 Å². The molecule has 0 aliphatic heterocycles. The molecule has 1 aromatic rings. The van der Waals surface area contributed by atoms with Crippen molar-refractivity contribution in [3.8, 4) is 5.75 Å². The van der Waals surface area contributed by atoms with Gasteiger partial charge in [-0.15, -0.1) is 0 Å². The van der Waals surface area contributed by atoms with Crippen molar-refractivity contribution < 1.29 is 14.3 Å². The molecular formula is C13H18Cl2N2O3. The highest BCUT2D eigenvalue weighted by Crippen LogP contribution is 2.30. The molecule has 2 N–H and O–H groups in total. The summed E-state index contributed by atoms with van der Waals surface area (Å²) in [6.45, 7) is 6.22. The van der Waals surface area contributed by atoms with Crippen molar-refractivity contribution in [3.63, 3.8) is 0 Å². The molecule has 0 fully saturated rings. The second-order valence-corrected chi connectivity index (χ2v) is 6.28. The molecule has 0 aromatic carbocycles. The van der Waals surface area contributed by atoms with E-state index in [0.717, 1.165) is 0 Å². The van der Waals surface area contributed by atoms with E-state index in [1.807, 2.05) is 20.8 Å². The molecule has 0 spiro atoms. The Bertz CT molecular complexity index is 475. The summed E-state index contributed by atoms with van der Waals surface area (Å²) in [6, 6.07) is 1.59. The van der Waals surface area contributed by atoms with E-state index in [0.29, 0.717) is 12.2 Å². The lowest BCUT2D eigenvalue weighted by Crippen LogP contribution is -2.31. The van der Waals surface area contributed by atoms with Crippen molar-refractivity contribution in [2.75, 3.05) is 6.61 Å². The normalized spacial score (nSPS) is 12.8. The maximum Gasteiger partial charge on any atom is 0.404 e. The fourth-order valence-electron chi connectivity index (χ4n) is 1.68. The van der Waals surface area contributed by atoms with Gasteiger partial charge in [0.25, 0.3) is 0 Å². The van der Waals surface area contributed by atoms with E-state index in [2.05, 4.69) is 4.98 Å². The molecule has 0 aliphatic carbocycles. The number of carbonyl (C=O) groups excluding carboxylic acids is 1. The maximum atomic E-state index is 10.9. The summed E-state index contributed by atoms with van der Waals surface area (Å²) in [7, 11) is 0. The van der Waals surface area contributed by atoms with E-state index < -0.39 is 12.2 Å². The van der Waals surface area contributed by atoms with Gasteiger partial charge in [0.15, 0.2) is 5.15 Å². The number of ether oxygens (including phenoxy) is 2. The quantitative estimate of drug-likeness (QED) is 0.840. The first kappa shape index (κ1) is 16.9. The Kier molecular flexibility index (Phi) is 5.89. The number of halogens is 2. The van der Waals surface area contributed by atoms with Crippen molar-refractivity contribution in [2.45, 2.75) is 33.3 Å². The predicted molar refractivity (Wildman–Crippen MR) is 78.3 cm³/mol. The van der Waals surface area contributed by atoms with Gasteiger partial charge in [0, 0.05) is 12.3 Å². The fraction of sp³-hybridized carbons (Fsp3) is 0.538. The second kappa shape index (κ2) is 6.99. The summed E-state index contributed by atoms with van der Waals surface area (Å²) < 4.78 is 10.6. The first-order valence-electron chi connectivity index (χ1n) is 6.08. The van der Waals surface area contributed by atoms with Gasteiger partial charge in [0.05, 0.1) is 0 Å². The molecule has 0 saturated heterocycles. The lowest BCUT2D eigenvalue weighted by molar-refractivity contribution is 0.0464. The van der Waals surface area contributed by atoms with E-state index in [1.165, 1.54) is 6.20 Å². The monoisotopic (exact) mass is 320 g/mol. The van der Waals surface area contributed by atoms with Gasteiger partial charge in [0.2, 0.25) is 0 Å². The fourth-order valence-corrected chi connectivity index (χ4v) is 1.99. The van der Waals surface area contributed by atoms with Crippen LogP contribution in [0.15, 0.2) is 12.3 Å². The van der Waals surface area contributed by atoms with Gasteiger partial charge in [-0.25, -0.2) is 9.78 Å². The number of aromatic nitrogens is 1. The van der Waals surface area contributed by atoms with Crippen LogP contribution in [0.4, 0.5) is 4.79 Å². The van der Waals surface area contributed by atoms with Crippen molar-refractivity contribution in [2.24, 2.45) is 11.1 Å². The van der Waals surface area contributed by atoms with E-state index in [1.54, 1.807) is 6.07 Å². The van der Waals surface area contributed by atoms with Crippen LogP contribution in [0.2, 0.25) is 10.2 Å². The Balaban J connectivity index is 2.70. The number of carbonyl (C=O) groups is 1. The molecule has 1 heterocycles. The minimum Gasteiger partial charge on any atom is -0.488 e. The number of pyridine rings is 1. The van der Waals surface area contributed by atoms with Gasteiger partial charge in [-0.1, -0.05) is 44.0 Å². The molecule has 0 aliphatic rings. The second-order valence-electron chi connectivity index (χ2n) is 5.55. The highest BCUT2D eigenvalue weighted by molar-refractivity contribution is 6.42. The summed E-state index contributed by atoms with van der Waals surface area (Å²) in [5.41, 5.74) is 5.02. The molecule has 0 bridgehead atoms. The highest BCUT2D eigenvalue weighted by Gasteiger charge is 2.22. The van der Waals surface area contributed by atoms with Crippen LogP contribution >= 0.6 is 23.2 Å². The Morgan fingerprint density at radius 2 is 2.10 bits per heavy atom. The van der Waals surface area contributed by atoms with Crippen LogP contribution in [0, 0.1) is 5.41 Å². The zero-order valence-corrected chi connectivity index (χ0v) is 13.2. The van der Waals surface area contributed by atoms with Crippen LogP contribution in [0.25, 0.3) is 0 Å². The number of primary amides is 1. The van der Waals surface area contributed by atoms with Gasteiger partial charge in [-0.3, -0.25) is 0 Å². The van der Waals surface area contributed by atoms with Gasteiger partial charge >= 0.3 is 6.09 Å². The van der Waals surface area contributed by atoms with Crippen LogP contribution in [0.3, 0.4) is 0 Å². The molecular weight excluding hydrogens is 303 g/mol. The molecule has 1 aromatic heterocycles. The zero-order chi connectivity index (χ0) is 15.3. The third kappa shape index (κ3) is 5.84. The smallest absolute Gasteiger partial charge is 0.404 e. The minimum absolute atomic E-state index is 0.0385. The summed E-state index contributed by atoms with van der Waals surface area (Å²) in [5, 5.41) is 0.384. The number of nitrogens with two attached hydrogens (primary N) is 1. The molecule has 0 radical (unpaired) electrons. The average molecular weight is 321 g/mol. The SMILES string of the molecule is CC(C)(C)CC(COc1ccnc(Cl)c1Cl)OC(N)=O. The van der Waals surface area contributed by atoms with Gasteiger partial charge < -0.3 is 15.2 Å². The number of amides is 1. The summed E-state index contributed by atoms with van der Waals surface area (Å²) in [5.74, 6) is 0.388. The van der Waals surface area contributed by atoms with Gasteiger partial charge in [0.1, 0.15) is 23.5 Å². The molecule has 1 unspecified atom stereocenters. The average Bonchev–Trinajstić information content (AvgIpc) is 2.28. The van der Waals surface area contributed by atoms with E-state index in [4.69, 9.17) is 38.4 Å². The van der Waals surface area contributed by atoms with E-state index in [-0.39, 0.29) is 22.2 Å².